The molecule has 3 rings (SSSR count). The van der Waals surface area contributed by atoms with E-state index in [4.69, 9.17) is 0 Å². The molecule has 208 valence electrons. The van der Waals surface area contributed by atoms with Crippen LogP contribution < -0.4 is 21.9 Å². The van der Waals surface area contributed by atoms with E-state index in [1.54, 1.807) is 55.5 Å². The van der Waals surface area contributed by atoms with Crippen LogP contribution in [0.3, 0.4) is 0 Å². The standard InChI is InChI=1S/C28H34N4O6S/c1-4-17(2)23(27(36)37)31-24(33)21(14-15-39-3)29-25(34)22(16-18-10-6-5-7-11-18)32-26(35)19-12-8-9-13-20(19)30-28(32)38/h5-13,17,21-23H,4,14-16H2,1-3H3,(H,29,34)(H,30,38)(H,31,33)(H,36,37)/t17?,21-,22-,23-/m0/s1. The SMILES string of the molecule is CCC(C)[C@H](NC(=O)[C@H](CCSC)NC(=O)[C@H](Cc1ccccc1)n1c(=O)[nH]c2ccccc2c1=O)C(=O)O. The second-order valence-electron chi connectivity index (χ2n) is 9.41. The Morgan fingerprint density at radius 3 is 2.31 bits per heavy atom. The molecule has 0 fully saturated rings. The van der Waals surface area contributed by atoms with Crippen LogP contribution in [0.15, 0.2) is 64.2 Å². The van der Waals surface area contributed by atoms with E-state index in [1.807, 2.05) is 19.2 Å². The van der Waals surface area contributed by atoms with E-state index in [0.29, 0.717) is 23.3 Å². The van der Waals surface area contributed by atoms with Crippen LogP contribution in [0, 0.1) is 5.92 Å². The number of benzene rings is 2. The quantitative estimate of drug-likeness (QED) is 0.253. The summed E-state index contributed by atoms with van der Waals surface area (Å²) in [5, 5.41) is 15.1. The molecule has 0 spiro atoms. The van der Waals surface area contributed by atoms with Crippen molar-refractivity contribution < 1.29 is 19.5 Å². The molecular formula is C28H34N4O6S. The van der Waals surface area contributed by atoms with Gasteiger partial charge in [-0.2, -0.15) is 11.8 Å². The molecule has 1 unspecified atom stereocenters. The van der Waals surface area contributed by atoms with Gasteiger partial charge in [0.2, 0.25) is 11.8 Å². The molecule has 1 aromatic heterocycles. The summed E-state index contributed by atoms with van der Waals surface area (Å²) >= 11 is 1.47. The smallest absolute Gasteiger partial charge is 0.329 e. The van der Waals surface area contributed by atoms with Crippen molar-refractivity contribution >= 4 is 40.4 Å². The normalized spacial score (nSPS) is 14.2. The lowest BCUT2D eigenvalue weighted by Gasteiger charge is -2.26. The minimum Gasteiger partial charge on any atom is -0.480 e. The number of carboxylic acid groups (broad SMARTS) is 1. The third kappa shape index (κ3) is 7.38. The zero-order valence-corrected chi connectivity index (χ0v) is 23.0. The van der Waals surface area contributed by atoms with Crippen molar-refractivity contribution in [1.82, 2.24) is 20.2 Å². The van der Waals surface area contributed by atoms with Crippen molar-refractivity contribution in [2.75, 3.05) is 12.0 Å². The minimum atomic E-state index is -1.26. The number of nitrogens with zero attached hydrogens (tertiary/aromatic N) is 1. The van der Waals surface area contributed by atoms with Gasteiger partial charge in [-0.25, -0.2) is 14.2 Å². The molecule has 4 atom stereocenters. The van der Waals surface area contributed by atoms with E-state index in [0.717, 1.165) is 4.57 Å². The van der Waals surface area contributed by atoms with E-state index in [9.17, 15) is 29.1 Å². The first-order valence-electron chi connectivity index (χ1n) is 12.8. The Hall–Kier alpha value is -3.86. The Kier molecular flexibility index (Phi) is 10.5. The van der Waals surface area contributed by atoms with Gasteiger partial charge in [-0.15, -0.1) is 0 Å². The third-order valence-electron chi connectivity index (χ3n) is 6.74. The third-order valence-corrected chi connectivity index (χ3v) is 7.39. The monoisotopic (exact) mass is 554 g/mol. The lowest BCUT2D eigenvalue weighted by molar-refractivity contribution is -0.143. The Morgan fingerprint density at radius 2 is 1.67 bits per heavy atom. The predicted molar refractivity (Wildman–Crippen MR) is 152 cm³/mol. The van der Waals surface area contributed by atoms with Gasteiger partial charge in [0.1, 0.15) is 18.1 Å². The molecule has 10 nitrogen and oxygen atoms in total. The van der Waals surface area contributed by atoms with Crippen LogP contribution in [-0.4, -0.2) is 56.5 Å². The zero-order valence-electron chi connectivity index (χ0n) is 22.2. The highest BCUT2D eigenvalue weighted by atomic mass is 32.2. The number of hydrogen-bond donors (Lipinski definition) is 4. The second kappa shape index (κ2) is 13.8. The molecule has 2 aromatic carbocycles. The molecule has 3 aromatic rings. The number of carbonyl (C=O) groups excluding carboxylic acids is 2. The fraction of sp³-hybridized carbons (Fsp3) is 0.393. The van der Waals surface area contributed by atoms with Crippen LogP contribution in [0.5, 0.6) is 0 Å². The molecule has 4 N–H and O–H groups in total. The number of amides is 2. The fourth-order valence-electron chi connectivity index (χ4n) is 4.31. The highest BCUT2D eigenvalue weighted by molar-refractivity contribution is 7.98. The van der Waals surface area contributed by atoms with E-state index < -0.39 is 47.2 Å². The van der Waals surface area contributed by atoms with E-state index in [1.165, 1.54) is 11.8 Å². The maximum atomic E-state index is 13.7. The van der Waals surface area contributed by atoms with E-state index >= 15 is 0 Å². The molecule has 0 aliphatic carbocycles. The number of aromatic nitrogens is 2. The predicted octanol–water partition coefficient (Wildman–Crippen LogP) is 2.33. The summed E-state index contributed by atoms with van der Waals surface area (Å²) in [6, 6.07) is 12.0. The summed E-state index contributed by atoms with van der Waals surface area (Å²) in [6.45, 7) is 3.55. The lowest BCUT2D eigenvalue weighted by Crippen LogP contribution is -2.55. The van der Waals surface area contributed by atoms with Crippen LogP contribution in [0.25, 0.3) is 10.9 Å². The topological polar surface area (TPSA) is 150 Å². The largest absolute Gasteiger partial charge is 0.480 e. The molecule has 39 heavy (non-hydrogen) atoms. The summed E-state index contributed by atoms with van der Waals surface area (Å²) in [6.07, 6.45) is 2.64. The first-order valence-corrected chi connectivity index (χ1v) is 14.2. The zero-order chi connectivity index (χ0) is 28.5. The summed E-state index contributed by atoms with van der Waals surface area (Å²) in [4.78, 5) is 67.9. The number of rotatable bonds is 13. The van der Waals surface area contributed by atoms with Crippen LogP contribution in [0.4, 0.5) is 0 Å². The number of H-pyrrole nitrogens is 1. The molecule has 0 radical (unpaired) electrons. The first kappa shape index (κ1) is 29.7. The number of nitrogens with one attached hydrogen (secondary N) is 3. The number of hydrogen-bond acceptors (Lipinski definition) is 6. The van der Waals surface area contributed by atoms with Crippen molar-refractivity contribution in [2.24, 2.45) is 5.92 Å². The molecule has 0 saturated heterocycles. The minimum absolute atomic E-state index is 0.0233. The number of aliphatic carboxylic acids is 1. The Morgan fingerprint density at radius 1 is 1.00 bits per heavy atom. The van der Waals surface area contributed by atoms with Gasteiger partial charge < -0.3 is 20.7 Å². The molecule has 0 bridgehead atoms. The van der Waals surface area contributed by atoms with Crippen molar-refractivity contribution in [1.29, 1.82) is 0 Å². The molecule has 1 heterocycles. The highest BCUT2D eigenvalue weighted by Gasteiger charge is 2.32. The van der Waals surface area contributed by atoms with E-state index in [2.05, 4.69) is 15.6 Å². The summed E-state index contributed by atoms with van der Waals surface area (Å²) < 4.78 is 0.882. The van der Waals surface area contributed by atoms with Gasteiger partial charge >= 0.3 is 11.7 Å². The molecular weight excluding hydrogens is 520 g/mol. The highest BCUT2D eigenvalue weighted by Crippen LogP contribution is 2.15. The van der Waals surface area contributed by atoms with Crippen LogP contribution in [-0.2, 0) is 20.8 Å². The maximum Gasteiger partial charge on any atom is 0.329 e. The van der Waals surface area contributed by atoms with Gasteiger partial charge in [-0.1, -0.05) is 62.7 Å². The fourth-order valence-corrected chi connectivity index (χ4v) is 4.78. The van der Waals surface area contributed by atoms with Gasteiger partial charge in [-0.05, 0) is 42.0 Å². The lowest BCUT2D eigenvalue weighted by atomic mass is 9.98. The molecule has 2 amide bonds. The van der Waals surface area contributed by atoms with Gasteiger partial charge in [0.15, 0.2) is 0 Å². The van der Waals surface area contributed by atoms with Crippen molar-refractivity contribution in [2.45, 2.75) is 51.2 Å². The number of thioether (sulfide) groups is 1. The number of carbonyl (C=O) groups is 3. The molecule has 0 saturated carbocycles. The number of aromatic amines is 1. The van der Waals surface area contributed by atoms with Crippen LogP contribution >= 0.6 is 11.8 Å². The van der Waals surface area contributed by atoms with Gasteiger partial charge in [-0.3, -0.25) is 14.4 Å². The second-order valence-corrected chi connectivity index (χ2v) is 10.4. The molecule has 0 aliphatic heterocycles. The van der Waals surface area contributed by atoms with Crippen LogP contribution in [0.2, 0.25) is 0 Å². The van der Waals surface area contributed by atoms with Crippen molar-refractivity contribution in [3.8, 4) is 0 Å². The number of fused-ring (bicyclic) bond motifs is 1. The van der Waals surface area contributed by atoms with E-state index in [-0.39, 0.29) is 24.1 Å². The molecule has 11 heteroatoms. The Bertz CT molecular complexity index is 1420. The van der Waals surface area contributed by atoms with Crippen molar-refractivity contribution in [3.63, 3.8) is 0 Å². The van der Waals surface area contributed by atoms with Crippen molar-refractivity contribution in [3.05, 3.63) is 81.0 Å². The number of para-hydroxylation sites is 1. The average molecular weight is 555 g/mol. The van der Waals surface area contributed by atoms with Gasteiger partial charge in [0, 0.05) is 6.42 Å². The van der Waals surface area contributed by atoms with Gasteiger partial charge in [0.05, 0.1) is 10.9 Å². The number of carboxylic acids is 1. The summed E-state index contributed by atoms with van der Waals surface area (Å²) in [5.41, 5.74) is -0.310. The summed E-state index contributed by atoms with van der Waals surface area (Å²) in [5.74, 6) is -2.31. The van der Waals surface area contributed by atoms with Crippen LogP contribution in [0.1, 0.15) is 38.3 Å². The average Bonchev–Trinajstić information content (AvgIpc) is 2.93. The molecule has 0 aliphatic rings. The Balaban J connectivity index is 2.00. The Labute approximate surface area is 230 Å². The maximum absolute atomic E-state index is 13.7. The first-order chi connectivity index (χ1) is 18.7. The van der Waals surface area contributed by atoms with Gasteiger partial charge in [0.25, 0.3) is 5.56 Å². The summed E-state index contributed by atoms with van der Waals surface area (Å²) in [7, 11) is 0.